The van der Waals surface area contributed by atoms with Gasteiger partial charge >= 0.3 is 0 Å². The Labute approximate surface area is 179 Å². The summed E-state index contributed by atoms with van der Waals surface area (Å²) in [6.07, 6.45) is 0.802. The summed E-state index contributed by atoms with van der Waals surface area (Å²) in [4.78, 5) is 16.7. The molecule has 0 spiro atoms. The van der Waals surface area contributed by atoms with E-state index in [0.29, 0.717) is 18.1 Å². The number of thioether (sulfide) groups is 1. The van der Waals surface area contributed by atoms with Crippen LogP contribution in [0.5, 0.6) is 11.5 Å². The van der Waals surface area contributed by atoms with Crippen molar-refractivity contribution in [2.75, 3.05) is 26.5 Å². The van der Waals surface area contributed by atoms with Crippen LogP contribution in [0.4, 0.5) is 0 Å². The molecule has 1 N–H and O–H groups in total. The van der Waals surface area contributed by atoms with Crippen molar-refractivity contribution in [3.8, 4) is 22.1 Å². The predicted molar refractivity (Wildman–Crippen MR) is 120 cm³/mol. The van der Waals surface area contributed by atoms with Crippen molar-refractivity contribution < 1.29 is 14.3 Å². The van der Waals surface area contributed by atoms with Gasteiger partial charge in [-0.1, -0.05) is 24.3 Å². The van der Waals surface area contributed by atoms with Crippen LogP contribution < -0.4 is 14.8 Å². The molecule has 1 aromatic heterocycles. The summed E-state index contributed by atoms with van der Waals surface area (Å²) in [5.74, 6) is 2.85. The van der Waals surface area contributed by atoms with Crippen molar-refractivity contribution in [1.82, 2.24) is 10.3 Å². The first-order valence-electron chi connectivity index (χ1n) is 9.24. The molecule has 3 rings (SSSR count). The smallest absolute Gasteiger partial charge is 0.230 e. The fourth-order valence-electron chi connectivity index (χ4n) is 2.70. The average molecular weight is 429 g/mol. The van der Waals surface area contributed by atoms with Gasteiger partial charge in [-0.05, 0) is 36.2 Å². The molecule has 0 bridgehead atoms. The van der Waals surface area contributed by atoms with Crippen molar-refractivity contribution in [3.05, 3.63) is 65.2 Å². The fourth-order valence-corrected chi connectivity index (χ4v) is 4.37. The number of aromatic nitrogens is 1. The van der Waals surface area contributed by atoms with E-state index in [0.717, 1.165) is 34.2 Å². The fraction of sp³-hybridized carbons (Fsp3) is 0.273. The number of carbonyl (C=O) groups is 1. The highest BCUT2D eigenvalue weighted by atomic mass is 32.2. The van der Waals surface area contributed by atoms with E-state index in [1.165, 1.54) is 5.56 Å². The second kappa shape index (κ2) is 10.9. The van der Waals surface area contributed by atoms with Gasteiger partial charge in [-0.3, -0.25) is 4.79 Å². The van der Waals surface area contributed by atoms with Crippen LogP contribution in [0.15, 0.2) is 53.9 Å². The highest BCUT2D eigenvalue weighted by Crippen LogP contribution is 2.28. The Kier molecular flexibility index (Phi) is 7.95. The molecule has 5 nitrogen and oxygen atoms in total. The number of nitrogens with one attached hydrogen (secondary N) is 1. The molecule has 152 valence electrons. The first-order chi connectivity index (χ1) is 14.2. The lowest BCUT2D eigenvalue weighted by molar-refractivity contribution is -0.118. The Morgan fingerprint density at radius 1 is 1.10 bits per heavy atom. The summed E-state index contributed by atoms with van der Waals surface area (Å²) < 4.78 is 10.4. The molecular weight excluding hydrogens is 404 g/mol. The summed E-state index contributed by atoms with van der Waals surface area (Å²) in [6, 6.07) is 15.8. The monoisotopic (exact) mass is 428 g/mol. The van der Waals surface area contributed by atoms with E-state index in [2.05, 4.69) is 10.3 Å². The summed E-state index contributed by atoms with van der Waals surface area (Å²) in [5.41, 5.74) is 3.21. The number of ether oxygens (including phenoxy) is 2. The minimum atomic E-state index is 0.0479. The van der Waals surface area contributed by atoms with Gasteiger partial charge in [-0.15, -0.1) is 23.1 Å². The van der Waals surface area contributed by atoms with E-state index in [1.807, 2.05) is 53.9 Å². The van der Waals surface area contributed by atoms with Crippen LogP contribution in [0.1, 0.15) is 11.3 Å². The summed E-state index contributed by atoms with van der Waals surface area (Å²) in [6.45, 7) is 0.627. The first-order valence-corrected chi connectivity index (χ1v) is 11.3. The van der Waals surface area contributed by atoms with E-state index in [9.17, 15) is 4.79 Å². The third-order valence-electron chi connectivity index (χ3n) is 4.25. The zero-order chi connectivity index (χ0) is 20.5. The SMILES string of the molecule is COc1ccc(CCNC(=O)CSCc2csc(-c3cccc(OC)c3)n2)cc1. The van der Waals surface area contributed by atoms with Crippen LogP contribution >= 0.6 is 23.1 Å². The second-order valence-corrected chi connectivity index (χ2v) is 8.16. The van der Waals surface area contributed by atoms with Crippen molar-refractivity contribution in [2.24, 2.45) is 0 Å². The maximum atomic E-state index is 12.0. The molecule has 0 aliphatic rings. The quantitative estimate of drug-likeness (QED) is 0.518. The maximum Gasteiger partial charge on any atom is 0.230 e. The van der Waals surface area contributed by atoms with Crippen molar-refractivity contribution in [3.63, 3.8) is 0 Å². The van der Waals surface area contributed by atoms with Crippen molar-refractivity contribution in [2.45, 2.75) is 12.2 Å². The van der Waals surface area contributed by atoms with E-state index in [4.69, 9.17) is 9.47 Å². The summed E-state index contributed by atoms with van der Waals surface area (Å²) >= 11 is 3.18. The summed E-state index contributed by atoms with van der Waals surface area (Å²) in [7, 11) is 3.31. The van der Waals surface area contributed by atoms with E-state index < -0.39 is 0 Å². The van der Waals surface area contributed by atoms with Gasteiger partial charge in [0.15, 0.2) is 0 Å². The van der Waals surface area contributed by atoms with Gasteiger partial charge in [0.05, 0.1) is 25.7 Å². The largest absolute Gasteiger partial charge is 0.497 e. The Balaban J connectivity index is 1.38. The Morgan fingerprint density at radius 2 is 1.90 bits per heavy atom. The van der Waals surface area contributed by atoms with Gasteiger partial charge in [-0.2, -0.15) is 0 Å². The minimum absolute atomic E-state index is 0.0479. The molecule has 0 atom stereocenters. The van der Waals surface area contributed by atoms with E-state index >= 15 is 0 Å². The Morgan fingerprint density at radius 3 is 2.66 bits per heavy atom. The minimum Gasteiger partial charge on any atom is -0.497 e. The van der Waals surface area contributed by atoms with Crippen LogP contribution in [-0.2, 0) is 17.0 Å². The van der Waals surface area contributed by atoms with Crippen molar-refractivity contribution >= 4 is 29.0 Å². The zero-order valence-electron chi connectivity index (χ0n) is 16.5. The van der Waals surface area contributed by atoms with Gasteiger partial charge in [0.25, 0.3) is 0 Å². The third kappa shape index (κ3) is 6.51. The molecule has 1 amide bonds. The molecule has 1 heterocycles. The highest BCUT2D eigenvalue weighted by molar-refractivity contribution is 7.99. The number of hydrogen-bond acceptors (Lipinski definition) is 6. The van der Waals surface area contributed by atoms with Crippen LogP contribution in [0, 0.1) is 0 Å². The standard InChI is InChI=1S/C22H24N2O3S2/c1-26-19-8-6-16(7-9-19)10-11-23-21(25)15-28-13-18-14-29-22(24-18)17-4-3-5-20(12-17)27-2/h3-9,12,14H,10-11,13,15H2,1-2H3,(H,23,25). The second-order valence-electron chi connectivity index (χ2n) is 6.32. The predicted octanol–water partition coefficient (Wildman–Crippen LogP) is 4.42. The number of carbonyl (C=O) groups excluding carboxylic acids is 1. The third-order valence-corrected chi connectivity index (χ3v) is 6.15. The molecule has 3 aromatic rings. The number of methoxy groups -OCH3 is 2. The molecule has 0 saturated carbocycles. The number of thiazole rings is 1. The number of rotatable bonds is 10. The normalized spacial score (nSPS) is 10.6. The van der Waals surface area contributed by atoms with Crippen LogP contribution in [0.2, 0.25) is 0 Å². The molecule has 0 aliphatic heterocycles. The Hall–Kier alpha value is -2.51. The van der Waals surface area contributed by atoms with Crippen LogP contribution in [-0.4, -0.2) is 37.4 Å². The highest BCUT2D eigenvalue weighted by Gasteiger charge is 2.08. The molecule has 7 heteroatoms. The van der Waals surface area contributed by atoms with Crippen LogP contribution in [0.3, 0.4) is 0 Å². The van der Waals surface area contributed by atoms with Gasteiger partial charge in [0.2, 0.25) is 5.91 Å². The van der Waals surface area contributed by atoms with E-state index in [-0.39, 0.29) is 5.91 Å². The lowest BCUT2D eigenvalue weighted by atomic mass is 10.1. The zero-order valence-corrected chi connectivity index (χ0v) is 18.1. The summed E-state index contributed by atoms with van der Waals surface area (Å²) in [5, 5.41) is 5.97. The van der Waals surface area contributed by atoms with Gasteiger partial charge in [-0.25, -0.2) is 4.98 Å². The molecule has 0 saturated heterocycles. The number of hydrogen-bond donors (Lipinski definition) is 1. The molecule has 2 aromatic carbocycles. The molecule has 0 aliphatic carbocycles. The molecular formula is C22H24N2O3S2. The maximum absolute atomic E-state index is 12.0. The lowest BCUT2D eigenvalue weighted by Crippen LogP contribution is -2.27. The topological polar surface area (TPSA) is 60.5 Å². The average Bonchev–Trinajstić information content (AvgIpc) is 3.23. The number of nitrogens with zero attached hydrogens (tertiary/aromatic N) is 1. The molecule has 0 radical (unpaired) electrons. The molecule has 29 heavy (non-hydrogen) atoms. The van der Waals surface area contributed by atoms with Crippen LogP contribution in [0.25, 0.3) is 10.6 Å². The van der Waals surface area contributed by atoms with Gasteiger partial charge in [0, 0.05) is 23.2 Å². The van der Waals surface area contributed by atoms with E-state index in [1.54, 1.807) is 37.3 Å². The molecule has 0 unspecified atom stereocenters. The number of benzene rings is 2. The first kappa shape index (κ1) is 21.2. The van der Waals surface area contributed by atoms with Crippen molar-refractivity contribution in [1.29, 1.82) is 0 Å². The number of amides is 1. The lowest BCUT2D eigenvalue weighted by Gasteiger charge is -2.06. The molecule has 0 fully saturated rings. The Bertz CT molecular complexity index is 926. The van der Waals surface area contributed by atoms with Gasteiger partial charge < -0.3 is 14.8 Å². The van der Waals surface area contributed by atoms with Gasteiger partial charge in [0.1, 0.15) is 16.5 Å².